The topological polar surface area (TPSA) is 62.5 Å². The molecule has 0 saturated carbocycles. The van der Waals surface area contributed by atoms with E-state index in [4.69, 9.17) is 15.0 Å². The van der Waals surface area contributed by atoms with Crippen LogP contribution in [-0.2, 0) is 0 Å². The van der Waals surface area contributed by atoms with Crippen molar-refractivity contribution >= 4 is 33.7 Å². The molecule has 7 aromatic rings. The van der Waals surface area contributed by atoms with Crippen molar-refractivity contribution in [2.24, 2.45) is 0 Å². The average Bonchev–Trinajstić information content (AvgIpc) is 3.10. The normalized spacial score (nSPS) is 10.9. The van der Waals surface area contributed by atoms with Gasteiger partial charge in [-0.3, -0.25) is 0 Å². The van der Waals surface area contributed by atoms with Gasteiger partial charge in [-0.25, -0.2) is 15.0 Å². The van der Waals surface area contributed by atoms with Gasteiger partial charge in [0, 0.05) is 11.1 Å². The van der Waals surface area contributed by atoms with E-state index in [1.54, 1.807) is 18.2 Å². The van der Waals surface area contributed by atoms with E-state index in [-0.39, 0.29) is 0 Å². The number of fused-ring (bicyclic) bond motifs is 2. The first-order valence-corrected chi connectivity index (χ1v) is 14.3. The van der Waals surface area contributed by atoms with E-state index in [0.29, 0.717) is 34.0 Å². The van der Waals surface area contributed by atoms with Gasteiger partial charge in [-0.15, -0.1) is 0 Å². The summed E-state index contributed by atoms with van der Waals surface area (Å²) in [5.74, 6) is 0. The molecule has 44 heavy (non-hydrogen) atoms. The van der Waals surface area contributed by atoms with Crippen LogP contribution >= 0.6 is 0 Å². The van der Waals surface area contributed by atoms with Crippen LogP contribution in [0.15, 0.2) is 134 Å². The van der Waals surface area contributed by atoms with E-state index in [0.717, 1.165) is 38.7 Å². The van der Waals surface area contributed by atoms with Crippen molar-refractivity contribution in [2.75, 3.05) is 0 Å². The van der Waals surface area contributed by atoms with Crippen LogP contribution in [0.4, 0.5) is 0 Å². The van der Waals surface area contributed by atoms with Gasteiger partial charge in [0.2, 0.25) is 0 Å². The maximum absolute atomic E-state index is 9.63. The fourth-order valence-corrected chi connectivity index (χ4v) is 5.56. The molecule has 0 aliphatic carbocycles. The van der Waals surface area contributed by atoms with Gasteiger partial charge < -0.3 is 0 Å². The molecular weight excluding hydrogens is 536 g/mol. The molecule has 4 heteroatoms. The zero-order valence-corrected chi connectivity index (χ0v) is 23.9. The van der Waals surface area contributed by atoms with Gasteiger partial charge in [0.1, 0.15) is 5.69 Å². The summed E-state index contributed by atoms with van der Waals surface area (Å²) >= 11 is 0. The van der Waals surface area contributed by atoms with Gasteiger partial charge >= 0.3 is 0 Å². The van der Waals surface area contributed by atoms with Gasteiger partial charge in [-0.05, 0) is 81.2 Å². The van der Waals surface area contributed by atoms with Crippen molar-refractivity contribution < 1.29 is 0 Å². The molecule has 0 aliphatic heterocycles. The Morgan fingerprint density at radius 3 is 1.73 bits per heavy atom. The fraction of sp³-hybridized carbons (Fsp3) is 0. The predicted molar refractivity (Wildman–Crippen MR) is 181 cm³/mol. The average molecular weight is 563 g/mol. The first-order chi connectivity index (χ1) is 21.6. The number of aromatic nitrogens is 3. The van der Waals surface area contributed by atoms with Crippen molar-refractivity contribution in [3.8, 4) is 51.1 Å². The fourth-order valence-electron chi connectivity index (χ4n) is 5.56. The van der Waals surface area contributed by atoms with E-state index >= 15 is 0 Å². The standard InChI is InChI=1S/C40H26N4/c1-3-35-36(4-2)44-40(39(43-35)33-15-9-10-26(20-33)25-41)38-24-34(31-18-16-27-11-5-7-13-29(27)21-31)23-37(42-38)32-19-17-28-12-6-8-14-30(28)22-32/h3-24H,1-2H2. The summed E-state index contributed by atoms with van der Waals surface area (Å²) in [5, 5.41) is 14.3. The third-order valence-corrected chi connectivity index (χ3v) is 7.80. The van der Waals surface area contributed by atoms with Crippen molar-refractivity contribution in [1.82, 2.24) is 15.0 Å². The molecule has 0 radical (unpaired) electrons. The van der Waals surface area contributed by atoms with Gasteiger partial charge in [-0.2, -0.15) is 5.26 Å². The number of pyridine rings is 1. The van der Waals surface area contributed by atoms with Crippen molar-refractivity contribution in [2.45, 2.75) is 0 Å². The molecule has 0 aliphatic rings. The molecule has 0 fully saturated rings. The molecule has 5 aromatic carbocycles. The molecule has 0 saturated heterocycles. The Morgan fingerprint density at radius 1 is 0.477 bits per heavy atom. The summed E-state index contributed by atoms with van der Waals surface area (Å²) in [7, 11) is 0. The predicted octanol–water partition coefficient (Wildman–Crippen LogP) is 10.0. The monoisotopic (exact) mass is 562 g/mol. The number of hydrogen-bond donors (Lipinski definition) is 0. The molecule has 4 nitrogen and oxygen atoms in total. The van der Waals surface area contributed by atoms with Crippen LogP contribution in [0.25, 0.3) is 78.7 Å². The zero-order valence-electron chi connectivity index (χ0n) is 23.9. The van der Waals surface area contributed by atoms with Gasteiger partial charge in [-0.1, -0.05) is 98.1 Å². The molecular formula is C40H26N4. The third kappa shape index (κ3) is 4.93. The van der Waals surface area contributed by atoms with E-state index in [9.17, 15) is 5.26 Å². The number of rotatable bonds is 6. The van der Waals surface area contributed by atoms with E-state index < -0.39 is 0 Å². The van der Waals surface area contributed by atoms with E-state index in [1.165, 1.54) is 10.8 Å². The SMILES string of the molecule is C=Cc1nc(-c2cccc(C#N)c2)c(-c2cc(-c3ccc4ccccc4c3)cc(-c3ccc4ccccc4c3)n2)nc1C=C. The molecule has 2 aromatic heterocycles. The van der Waals surface area contributed by atoms with Crippen LogP contribution in [0, 0.1) is 11.3 Å². The molecule has 0 bridgehead atoms. The maximum atomic E-state index is 9.63. The summed E-state index contributed by atoms with van der Waals surface area (Å²) in [6.45, 7) is 7.93. The van der Waals surface area contributed by atoms with Crippen molar-refractivity contribution in [3.05, 3.63) is 151 Å². The largest absolute Gasteiger partial charge is 0.246 e. The highest BCUT2D eigenvalue weighted by Crippen LogP contribution is 2.36. The van der Waals surface area contributed by atoms with Crippen LogP contribution in [-0.4, -0.2) is 15.0 Å². The smallest absolute Gasteiger partial charge is 0.116 e. The highest BCUT2D eigenvalue weighted by atomic mass is 14.9. The highest BCUT2D eigenvalue weighted by Gasteiger charge is 2.19. The molecule has 0 spiro atoms. The number of hydrogen-bond acceptors (Lipinski definition) is 4. The zero-order chi connectivity index (χ0) is 30.0. The van der Waals surface area contributed by atoms with Gasteiger partial charge in [0.15, 0.2) is 0 Å². The Bertz CT molecular complexity index is 2190. The van der Waals surface area contributed by atoms with E-state index in [2.05, 4.69) is 104 Å². The second-order valence-corrected chi connectivity index (χ2v) is 10.5. The number of nitrogens with zero attached hydrogens (tertiary/aromatic N) is 4. The molecule has 0 amide bonds. The van der Waals surface area contributed by atoms with Crippen LogP contribution in [0.1, 0.15) is 17.0 Å². The third-order valence-electron chi connectivity index (χ3n) is 7.80. The second kappa shape index (κ2) is 11.2. The quantitative estimate of drug-likeness (QED) is 0.202. The van der Waals surface area contributed by atoms with Crippen LogP contribution in [0.3, 0.4) is 0 Å². The first-order valence-electron chi connectivity index (χ1n) is 14.3. The van der Waals surface area contributed by atoms with Crippen LogP contribution in [0.2, 0.25) is 0 Å². The molecule has 2 heterocycles. The van der Waals surface area contributed by atoms with E-state index in [1.807, 2.05) is 30.3 Å². The summed E-state index contributed by atoms with van der Waals surface area (Å²) in [6, 6.07) is 43.4. The summed E-state index contributed by atoms with van der Waals surface area (Å²) in [4.78, 5) is 15.2. The number of benzene rings is 5. The highest BCUT2D eigenvalue weighted by molar-refractivity contribution is 5.91. The molecule has 206 valence electrons. The lowest BCUT2D eigenvalue weighted by atomic mass is 9.97. The lowest BCUT2D eigenvalue weighted by Crippen LogP contribution is -2.02. The maximum Gasteiger partial charge on any atom is 0.116 e. The van der Waals surface area contributed by atoms with Crippen LogP contribution in [0.5, 0.6) is 0 Å². The number of nitriles is 1. The lowest BCUT2D eigenvalue weighted by Gasteiger charge is -2.15. The summed E-state index contributed by atoms with van der Waals surface area (Å²) in [6.07, 6.45) is 3.35. The lowest BCUT2D eigenvalue weighted by molar-refractivity contribution is 1.15. The first kappa shape index (κ1) is 26.7. The minimum absolute atomic E-state index is 0.540. The Morgan fingerprint density at radius 2 is 1.07 bits per heavy atom. The summed E-state index contributed by atoms with van der Waals surface area (Å²) in [5.41, 5.74) is 8.33. The van der Waals surface area contributed by atoms with Gasteiger partial charge in [0.25, 0.3) is 0 Å². The molecule has 7 rings (SSSR count). The minimum Gasteiger partial charge on any atom is -0.246 e. The molecule has 0 atom stereocenters. The Kier molecular flexibility index (Phi) is 6.82. The second-order valence-electron chi connectivity index (χ2n) is 10.5. The van der Waals surface area contributed by atoms with Crippen molar-refractivity contribution in [3.63, 3.8) is 0 Å². The van der Waals surface area contributed by atoms with Crippen molar-refractivity contribution in [1.29, 1.82) is 5.26 Å². The van der Waals surface area contributed by atoms with Crippen LogP contribution < -0.4 is 0 Å². The molecule has 0 N–H and O–H groups in total. The molecule has 0 unspecified atom stereocenters. The van der Waals surface area contributed by atoms with Gasteiger partial charge in [0.05, 0.1) is 40.1 Å². The minimum atomic E-state index is 0.540. The Balaban J connectivity index is 1.51. The summed E-state index contributed by atoms with van der Waals surface area (Å²) < 4.78 is 0. The Hall–Kier alpha value is -6.18. The Labute approximate surface area is 256 Å².